The Hall–Kier alpha value is -1.57. The topological polar surface area (TPSA) is 26.3 Å². The van der Waals surface area contributed by atoms with Gasteiger partial charge in [0.1, 0.15) is 0 Å². The molecule has 15 heavy (non-hydrogen) atoms. The minimum absolute atomic E-state index is 0.292. The fourth-order valence-corrected chi connectivity index (χ4v) is 1.51. The molecule has 0 aliphatic rings. The van der Waals surface area contributed by atoms with Crippen LogP contribution in [0.2, 0.25) is 0 Å². The Morgan fingerprint density at radius 2 is 1.80 bits per heavy atom. The third kappa shape index (κ3) is 2.69. The maximum Gasteiger partial charge on any atom is 0.337 e. The minimum atomic E-state index is -0.292. The monoisotopic (exact) mass is 204 g/mol. The fourth-order valence-electron chi connectivity index (χ4n) is 1.51. The van der Waals surface area contributed by atoms with E-state index >= 15 is 0 Å². The molecule has 0 amide bonds. The zero-order valence-electron chi connectivity index (χ0n) is 9.41. The molecule has 0 atom stereocenters. The molecule has 2 nitrogen and oxygen atoms in total. The number of allylic oxidation sites excluding steroid dienone is 2. The molecule has 0 saturated carbocycles. The molecule has 0 aliphatic carbocycles. The second-order valence-electron chi connectivity index (χ2n) is 3.24. The second-order valence-corrected chi connectivity index (χ2v) is 3.24. The summed E-state index contributed by atoms with van der Waals surface area (Å²) in [6.07, 6.45) is 3.08. The van der Waals surface area contributed by atoms with Crippen molar-refractivity contribution in [3.63, 3.8) is 0 Å². The molecular weight excluding hydrogens is 188 g/mol. The zero-order valence-corrected chi connectivity index (χ0v) is 9.41. The highest BCUT2D eigenvalue weighted by Gasteiger charge is 2.05. The van der Waals surface area contributed by atoms with E-state index in [0.717, 1.165) is 12.0 Å². The summed E-state index contributed by atoms with van der Waals surface area (Å²) in [5.41, 5.74) is 3.03. The van der Waals surface area contributed by atoms with E-state index in [2.05, 4.69) is 17.7 Å². The molecular formula is C13H16O2. The average Bonchev–Trinajstić information content (AvgIpc) is 2.30. The van der Waals surface area contributed by atoms with E-state index in [0.29, 0.717) is 5.56 Å². The lowest BCUT2D eigenvalue weighted by atomic mass is 10.0. The zero-order chi connectivity index (χ0) is 11.3. The first-order chi connectivity index (χ1) is 7.22. The predicted octanol–water partition coefficient (Wildman–Crippen LogP) is 3.29. The number of rotatable bonds is 3. The largest absolute Gasteiger partial charge is 0.465 e. The first-order valence-corrected chi connectivity index (χ1v) is 5.06. The van der Waals surface area contributed by atoms with Crippen LogP contribution in [0.4, 0.5) is 0 Å². The van der Waals surface area contributed by atoms with Crippen LogP contribution in [0.25, 0.3) is 5.57 Å². The van der Waals surface area contributed by atoms with Crippen molar-refractivity contribution in [3.8, 4) is 0 Å². The lowest BCUT2D eigenvalue weighted by molar-refractivity contribution is 0.0601. The van der Waals surface area contributed by atoms with E-state index in [1.807, 2.05) is 19.1 Å². The van der Waals surface area contributed by atoms with Gasteiger partial charge in [-0.25, -0.2) is 4.79 Å². The predicted molar refractivity (Wildman–Crippen MR) is 61.7 cm³/mol. The van der Waals surface area contributed by atoms with Crippen molar-refractivity contribution < 1.29 is 9.53 Å². The standard InChI is InChI=1S/C13H16O2/c1-4-10(5-2)11-6-8-12(9-7-11)13(14)15-3/h4,6-9H,5H2,1-3H3/b10-4+. The number of hydrogen-bond acceptors (Lipinski definition) is 2. The molecule has 0 aliphatic heterocycles. The van der Waals surface area contributed by atoms with Gasteiger partial charge in [0.2, 0.25) is 0 Å². The first kappa shape index (κ1) is 11.5. The Labute approximate surface area is 90.6 Å². The highest BCUT2D eigenvalue weighted by Crippen LogP contribution is 2.18. The van der Waals surface area contributed by atoms with Gasteiger partial charge in [0.05, 0.1) is 12.7 Å². The van der Waals surface area contributed by atoms with Crippen LogP contribution in [0.5, 0.6) is 0 Å². The van der Waals surface area contributed by atoms with Gasteiger partial charge in [-0.2, -0.15) is 0 Å². The smallest absolute Gasteiger partial charge is 0.337 e. The highest BCUT2D eigenvalue weighted by molar-refractivity contribution is 5.89. The Balaban J connectivity index is 2.94. The molecule has 0 heterocycles. The fraction of sp³-hybridized carbons (Fsp3) is 0.308. The van der Waals surface area contributed by atoms with Gasteiger partial charge in [-0.3, -0.25) is 0 Å². The molecule has 0 saturated heterocycles. The summed E-state index contributed by atoms with van der Waals surface area (Å²) in [5.74, 6) is -0.292. The normalized spacial score (nSPS) is 11.3. The Bertz CT molecular complexity index is 361. The van der Waals surface area contributed by atoms with Crippen molar-refractivity contribution in [2.24, 2.45) is 0 Å². The van der Waals surface area contributed by atoms with Crippen molar-refractivity contribution in [2.45, 2.75) is 20.3 Å². The Morgan fingerprint density at radius 1 is 1.27 bits per heavy atom. The molecule has 0 fully saturated rings. The molecule has 0 unspecified atom stereocenters. The molecule has 80 valence electrons. The van der Waals surface area contributed by atoms with Crippen molar-refractivity contribution in [1.82, 2.24) is 0 Å². The summed E-state index contributed by atoms with van der Waals surface area (Å²) in [6, 6.07) is 7.48. The van der Waals surface area contributed by atoms with Crippen LogP contribution < -0.4 is 0 Å². The lowest BCUT2D eigenvalue weighted by Crippen LogP contribution is -2.00. The van der Waals surface area contributed by atoms with Crippen LogP contribution in [-0.4, -0.2) is 13.1 Å². The number of carbonyl (C=O) groups excluding carboxylic acids is 1. The van der Waals surface area contributed by atoms with Crippen molar-refractivity contribution >= 4 is 11.5 Å². The van der Waals surface area contributed by atoms with E-state index in [1.165, 1.54) is 12.7 Å². The van der Waals surface area contributed by atoms with Gasteiger partial charge in [0, 0.05) is 0 Å². The van der Waals surface area contributed by atoms with Crippen LogP contribution >= 0.6 is 0 Å². The summed E-state index contributed by atoms with van der Waals surface area (Å²) in [4.78, 5) is 11.2. The highest BCUT2D eigenvalue weighted by atomic mass is 16.5. The van der Waals surface area contributed by atoms with Gasteiger partial charge < -0.3 is 4.74 Å². The third-order valence-electron chi connectivity index (χ3n) is 2.41. The van der Waals surface area contributed by atoms with E-state index in [1.54, 1.807) is 12.1 Å². The van der Waals surface area contributed by atoms with Crippen molar-refractivity contribution in [1.29, 1.82) is 0 Å². The average molecular weight is 204 g/mol. The minimum Gasteiger partial charge on any atom is -0.465 e. The number of methoxy groups -OCH3 is 1. The lowest BCUT2D eigenvalue weighted by Gasteiger charge is -2.05. The molecule has 0 aromatic heterocycles. The number of esters is 1. The third-order valence-corrected chi connectivity index (χ3v) is 2.41. The van der Waals surface area contributed by atoms with Crippen molar-refractivity contribution in [3.05, 3.63) is 41.5 Å². The molecule has 1 aromatic rings. The Kier molecular flexibility index (Phi) is 4.10. The number of carbonyl (C=O) groups is 1. The summed E-state index contributed by atoms with van der Waals surface area (Å²) in [5, 5.41) is 0. The first-order valence-electron chi connectivity index (χ1n) is 5.06. The second kappa shape index (κ2) is 5.35. The van der Waals surface area contributed by atoms with Gasteiger partial charge in [0.15, 0.2) is 0 Å². The number of ether oxygens (including phenoxy) is 1. The quantitative estimate of drug-likeness (QED) is 0.706. The van der Waals surface area contributed by atoms with Crippen LogP contribution in [-0.2, 0) is 4.74 Å². The van der Waals surface area contributed by atoms with E-state index in [9.17, 15) is 4.79 Å². The molecule has 2 heteroatoms. The van der Waals surface area contributed by atoms with Crippen LogP contribution in [0.3, 0.4) is 0 Å². The van der Waals surface area contributed by atoms with E-state index in [-0.39, 0.29) is 5.97 Å². The summed E-state index contributed by atoms with van der Waals surface area (Å²) < 4.78 is 4.64. The molecule has 0 bridgehead atoms. The van der Waals surface area contributed by atoms with Gasteiger partial charge in [-0.05, 0) is 36.6 Å². The molecule has 0 radical (unpaired) electrons. The van der Waals surface area contributed by atoms with Gasteiger partial charge >= 0.3 is 5.97 Å². The van der Waals surface area contributed by atoms with Gasteiger partial charge in [-0.15, -0.1) is 0 Å². The van der Waals surface area contributed by atoms with Gasteiger partial charge in [0.25, 0.3) is 0 Å². The Morgan fingerprint density at radius 3 is 2.20 bits per heavy atom. The summed E-state index contributed by atoms with van der Waals surface area (Å²) >= 11 is 0. The molecule has 0 spiro atoms. The van der Waals surface area contributed by atoms with Crippen LogP contribution in [0.1, 0.15) is 36.2 Å². The molecule has 1 rings (SSSR count). The van der Waals surface area contributed by atoms with E-state index in [4.69, 9.17) is 0 Å². The van der Waals surface area contributed by atoms with Crippen molar-refractivity contribution in [2.75, 3.05) is 7.11 Å². The number of hydrogen-bond donors (Lipinski definition) is 0. The number of benzene rings is 1. The molecule has 0 N–H and O–H groups in total. The summed E-state index contributed by atoms with van der Waals surface area (Å²) in [7, 11) is 1.39. The SMILES string of the molecule is C/C=C(\CC)c1ccc(C(=O)OC)cc1. The summed E-state index contributed by atoms with van der Waals surface area (Å²) in [6.45, 7) is 4.14. The van der Waals surface area contributed by atoms with E-state index < -0.39 is 0 Å². The van der Waals surface area contributed by atoms with Crippen LogP contribution in [0, 0.1) is 0 Å². The molecule has 1 aromatic carbocycles. The maximum atomic E-state index is 11.2. The van der Waals surface area contributed by atoms with Gasteiger partial charge in [-0.1, -0.05) is 25.1 Å². The van der Waals surface area contributed by atoms with Crippen LogP contribution in [0.15, 0.2) is 30.3 Å². The maximum absolute atomic E-state index is 11.2.